The van der Waals surface area contributed by atoms with Gasteiger partial charge in [0.15, 0.2) is 5.43 Å². The molecule has 0 aliphatic heterocycles. The van der Waals surface area contributed by atoms with Crippen LogP contribution in [0.5, 0.6) is 0 Å². The van der Waals surface area contributed by atoms with Crippen LogP contribution >= 0.6 is 11.6 Å². The van der Waals surface area contributed by atoms with E-state index in [1.165, 1.54) is 12.8 Å². The van der Waals surface area contributed by atoms with Gasteiger partial charge in [0.05, 0.1) is 11.0 Å². The van der Waals surface area contributed by atoms with E-state index in [1.54, 1.807) is 0 Å². The molecule has 0 radical (unpaired) electrons. The standard InChI is InChI=1S/C19H20ClNO/c20-13-7-1-2-8-14-21-17-11-5-3-9-15(17)19(22)16-10-4-6-12-18(16)21/h3-6,9-12H,1-2,7-8,13-14H2. The van der Waals surface area contributed by atoms with Gasteiger partial charge in [0, 0.05) is 23.2 Å². The van der Waals surface area contributed by atoms with Gasteiger partial charge >= 0.3 is 0 Å². The third kappa shape index (κ3) is 2.89. The summed E-state index contributed by atoms with van der Waals surface area (Å²) < 4.78 is 2.28. The first-order valence-corrected chi connectivity index (χ1v) is 8.42. The van der Waals surface area contributed by atoms with Gasteiger partial charge in [-0.25, -0.2) is 0 Å². The Balaban J connectivity index is 2.05. The van der Waals surface area contributed by atoms with Crippen molar-refractivity contribution in [2.24, 2.45) is 0 Å². The van der Waals surface area contributed by atoms with E-state index >= 15 is 0 Å². The Morgan fingerprint density at radius 2 is 1.32 bits per heavy atom. The molecule has 0 aliphatic carbocycles. The molecule has 0 bridgehead atoms. The fourth-order valence-electron chi connectivity index (χ4n) is 3.04. The number of pyridine rings is 1. The first kappa shape index (κ1) is 15.1. The molecule has 3 heteroatoms. The molecular formula is C19H20ClNO. The topological polar surface area (TPSA) is 22.0 Å². The quantitative estimate of drug-likeness (QED) is 0.358. The van der Waals surface area contributed by atoms with Crippen molar-refractivity contribution < 1.29 is 0 Å². The van der Waals surface area contributed by atoms with Crippen LogP contribution in [0.25, 0.3) is 21.8 Å². The van der Waals surface area contributed by atoms with Gasteiger partial charge in [-0.1, -0.05) is 37.1 Å². The van der Waals surface area contributed by atoms with Crippen LogP contribution < -0.4 is 5.43 Å². The second-order valence-electron chi connectivity index (χ2n) is 5.62. The summed E-state index contributed by atoms with van der Waals surface area (Å²) in [5, 5.41) is 1.61. The number of rotatable bonds is 6. The summed E-state index contributed by atoms with van der Waals surface area (Å²) in [5.74, 6) is 0.740. The second kappa shape index (κ2) is 6.97. The van der Waals surface area contributed by atoms with E-state index in [0.717, 1.165) is 47.1 Å². The first-order valence-electron chi connectivity index (χ1n) is 7.89. The van der Waals surface area contributed by atoms with Crippen molar-refractivity contribution in [1.29, 1.82) is 0 Å². The van der Waals surface area contributed by atoms with Crippen molar-refractivity contribution in [1.82, 2.24) is 4.57 Å². The zero-order valence-electron chi connectivity index (χ0n) is 12.6. The van der Waals surface area contributed by atoms with Crippen molar-refractivity contribution in [3.63, 3.8) is 0 Å². The Bertz CT molecular complexity index is 778. The molecule has 0 atom stereocenters. The van der Waals surface area contributed by atoms with E-state index in [4.69, 9.17) is 11.6 Å². The number of hydrogen-bond acceptors (Lipinski definition) is 1. The number of alkyl halides is 1. The Kier molecular flexibility index (Phi) is 4.79. The molecule has 114 valence electrons. The van der Waals surface area contributed by atoms with Crippen LogP contribution in [0.2, 0.25) is 0 Å². The van der Waals surface area contributed by atoms with Gasteiger partial charge < -0.3 is 4.57 Å². The number of nitrogens with zero attached hydrogens (tertiary/aromatic N) is 1. The fraction of sp³-hybridized carbons (Fsp3) is 0.316. The molecule has 0 saturated carbocycles. The predicted octanol–water partition coefficient (Wildman–Crippen LogP) is 4.95. The van der Waals surface area contributed by atoms with Gasteiger partial charge in [0.1, 0.15) is 0 Å². The summed E-state index contributed by atoms with van der Waals surface area (Å²) in [7, 11) is 0. The highest BCUT2D eigenvalue weighted by Crippen LogP contribution is 2.20. The molecule has 0 amide bonds. The number of unbranched alkanes of at least 4 members (excludes halogenated alkanes) is 3. The Morgan fingerprint density at radius 3 is 1.91 bits per heavy atom. The van der Waals surface area contributed by atoms with Crippen LogP contribution in [0.15, 0.2) is 53.3 Å². The molecule has 0 N–H and O–H groups in total. The van der Waals surface area contributed by atoms with Gasteiger partial charge in [-0.15, -0.1) is 11.6 Å². The molecule has 22 heavy (non-hydrogen) atoms. The number of para-hydroxylation sites is 2. The maximum Gasteiger partial charge on any atom is 0.197 e. The Labute approximate surface area is 135 Å². The maximum absolute atomic E-state index is 12.6. The number of aromatic nitrogens is 1. The highest BCUT2D eigenvalue weighted by Gasteiger charge is 2.09. The van der Waals surface area contributed by atoms with Crippen LogP contribution in [0.1, 0.15) is 25.7 Å². The molecule has 0 saturated heterocycles. The molecule has 2 nitrogen and oxygen atoms in total. The third-order valence-corrected chi connectivity index (χ3v) is 4.41. The number of halogens is 1. The number of benzene rings is 2. The van der Waals surface area contributed by atoms with Crippen LogP contribution in [0, 0.1) is 0 Å². The fourth-order valence-corrected chi connectivity index (χ4v) is 3.22. The summed E-state index contributed by atoms with van der Waals surface area (Å²) in [4.78, 5) is 12.6. The average molecular weight is 314 g/mol. The minimum Gasteiger partial charge on any atom is -0.340 e. The van der Waals surface area contributed by atoms with E-state index < -0.39 is 0 Å². The molecule has 2 aromatic carbocycles. The highest BCUT2D eigenvalue weighted by molar-refractivity contribution is 6.17. The molecule has 3 aromatic rings. The lowest BCUT2D eigenvalue weighted by Crippen LogP contribution is -2.11. The zero-order valence-corrected chi connectivity index (χ0v) is 13.4. The van der Waals surface area contributed by atoms with Gasteiger partial charge in [-0.2, -0.15) is 0 Å². The molecule has 1 aromatic heterocycles. The SMILES string of the molecule is O=c1c2ccccc2n(CCCCCCCl)c2ccccc12. The van der Waals surface area contributed by atoms with Crippen molar-refractivity contribution in [2.45, 2.75) is 32.2 Å². The van der Waals surface area contributed by atoms with Gasteiger partial charge in [0.2, 0.25) is 0 Å². The minimum absolute atomic E-state index is 0.129. The van der Waals surface area contributed by atoms with Gasteiger partial charge in [-0.3, -0.25) is 4.79 Å². The van der Waals surface area contributed by atoms with E-state index in [1.807, 2.05) is 48.5 Å². The van der Waals surface area contributed by atoms with Crippen molar-refractivity contribution >= 4 is 33.4 Å². The normalized spacial score (nSPS) is 11.3. The smallest absolute Gasteiger partial charge is 0.197 e. The van der Waals surface area contributed by atoms with E-state index in [2.05, 4.69) is 4.57 Å². The van der Waals surface area contributed by atoms with Crippen molar-refractivity contribution in [3.8, 4) is 0 Å². The van der Waals surface area contributed by atoms with Crippen LogP contribution in [-0.2, 0) is 6.54 Å². The molecule has 0 unspecified atom stereocenters. The second-order valence-corrected chi connectivity index (χ2v) is 6.00. The molecule has 3 rings (SSSR count). The summed E-state index contributed by atoms with van der Waals surface area (Å²) in [6.45, 7) is 0.934. The monoisotopic (exact) mass is 313 g/mol. The van der Waals surface area contributed by atoms with Gasteiger partial charge in [-0.05, 0) is 37.1 Å². The Hall–Kier alpha value is -1.80. The van der Waals surface area contributed by atoms with Crippen molar-refractivity contribution in [2.75, 3.05) is 5.88 Å². The summed E-state index contributed by atoms with van der Waals surface area (Å²) in [5.41, 5.74) is 2.19. The lowest BCUT2D eigenvalue weighted by atomic mass is 10.1. The zero-order chi connectivity index (χ0) is 15.4. The number of hydrogen-bond donors (Lipinski definition) is 0. The molecule has 0 aliphatic rings. The van der Waals surface area contributed by atoms with Crippen LogP contribution in [-0.4, -0.2) is 10.4 Å². The average Bonchev–Trinajstić information content (AvgIpc) is 2.57. The Morgan fingerprint density at radius 1 is 0.773 bits per heavy atom. The summed E-state index contributed by atoms with van der Waals surface area (Å²) in [6.07, 6.45) is 4.52. The summed E-state index contributed by atoms with van der Waals surface area (Å²) >= 11 is 5.73. The van der Waals surface area contributed by atoms with Crippen LogP contribution in [0.4, 0.5) is 0 Å². The van der Waals surface area contributed by atoms with E-state index in [0.29, 0.717) is 0 Å². The first-order chi connectivity index (χ1) is 10.8. The van der Waals surface area contributed by atoms with E-state index in [-0.39, 0.29) is 5.43 Å². The molecule has 0 fully saturated rings. The molecule has 1 heterocycles. The minimum atomic E-state index is 0.129. The molecular weight excluding hydrogens is 294 g/mol. The third-order valence-electron chi connectivity index (χ3n) is 4.14. The largest absolute Gasteiger partial charge is 0.340 e. The number of fused-ring (bicyclic) bond motifs is 2. The van der Waals surface area contributed by atoms with Crippen molar-refractivity contribution in [3.05, 3.63) is 58.8 Å². The van der Waals surface area contributed by atoms with Gasteiger partial charge in [0.25, 0.3) is 0 Å². The lowest BCUT2D eigenvalue weighted by Gasteiger charge is -2.15. The van der Waals surface area contributed by atoms with E-state index in [9.17, 15) is 4.79 Å². The van der Waals surface area contributed by atoms with Crippen LogP contribution in [0.3, 0.4) is 0 Å². The lowest BCUT2D eigenvalue weighted by molar-refractivity contribution is 0.602. The maximum atomic E-state index is 12.6. The number of aryl methyl sites for hydroxylation is 1. The molecule has 0 spiro atoms. The predicted molar refractivity (Wildman–Crippen MR) is 94.9 cm³/mol. The highest BCUT2D eigenvalue weighted by atomic mass is 35.5. The summed E-state index contributed by atoms with van der Waals surface area (Å²) in [6, 6.07) is 15.8.